The van der Waals surface area contributed by atoms with Crippen LogP contribution in [0, 0.1) is 11.8 Å². The van der Waals surface area contributed by atoms with Crippen molar-refractivity contribution in [1.29, 1.82) is 0 Å². The molecule has 19 heavy (non-hydrogen) atoms. The Morgan fingerprint density at radius 3 is 2.26 bits per heavy atom. The summed E-state index contributed by atoms with van der Waals surface area (Å²) in [4.78, 5) is 0. The molecule has 0 aliphatic carbocycles. The van der Waals surface area contributed by atoms with Crippen LogP contribution in [0.1, 0.15) is 51.2 Å². The minimum absolute atomic E-state index is 0.625. The van der Waals surface area contributed by atoms with Crippen molar-refractivity contribution < 1.29 is 0 Å². The minimum atomic E-state index is 0.625. The lowest BCUT2D eigenvalue weighted by Gasteiger charge is -2.17. The van der Waals surface area contributed by atoms with E-state index in [4.69, 9.17) is 5.73 Å². The maximum Gasteiger partial charge on any atom is 0.0205 e. The van der Waals surface area contributed by atoms with Gasteiger partial charge in [-0.3, -0.25) is 0 Å². The molecule has 0 bridgehead atoms. The van der Waals surface area contributed by atoms with Gasteiger partial charge in [0.15, 0.2) is 0 Å². The van der Waals surface area contributed by atoms with Crippen molar-refractivity contribution in [2.45, 2.75) is 53.1 Å². The predicted molar refractivity (Wildman–Crippen MR) is 83.9 cm³/mol. The van der Waals surface area contributed by atoms with Gasteiger partial charge in [0.2, 0.25) is 0 Å². The molecule has 0 radical (unpaired) electrons. The molecule has 0 saturated carbocycles. The van der Waals surface area contributed by atoms with E-state index in [0.717, 1.165) is 24.9 Å². The fraction of sp³-hybridized carbons (Fsp3) is 0.647. The van der Waals surface area contributed by atoms with Crippen LogP contribution in [0.15, 0.2) is 24.3 Å². The van der Waals surface area contributed by atoms with E-state index in [0.29, 0.717) is 6.54 Å². The van der Waals surface area contributed by atoms with E-state index in [1.807, 2.05) is 0 Å². The monoisotopic (exact) mass is 262 g/mol. The SMILES string of the molecule is CCCC(C)CC(C)CNCc1ccc(CN)cc1. The van der Waals surface area contributed by atoms with E-state index in [-0.39, 0.29) is 0 Å². The van der Waals surface area contributed by atoms with Gasteiger partial charge in [0.05, 0.1) is 0 Å². The van der Waals surface area contributed by atoms with Gasteiger partial charge in [0, 0.05) is 13.1 Å². The number of nitrogens with one attached hydrogen (secondary N) is 1. The van der Waals surface area contributed by atoms with Crippen LogP contribution in [-0.4, -0.2) is 6.54 Å². The Kier molecular flexibility index (Phi) is 7.76. The lowest BCUT2D eigenvalue weighted by Crippen LogP contribution is -2.22. The first-order chi connectivity index (χ1) is 9.15. The average Bonchev–Trinajstić information content (AvgIpc) is 2.39. The average molecular weight is 262 g/mol. The third-order valence-electron chi connectivity index (χ3n) is 3.67. The summed E-state index contributed by atoms with van der Waals surface area (Å²) in [6, 6.07) is 8.56. The first kappa shape index (κ1) is 16.2. The van der Waals surface area contributed by atoms with Gasteiger partial charge >= 0.3 is 0 Å². The molecule has 3 N–H and O–H groups in total. The third kappa shape index (κ3) is 6.74. The summed E-state index contributed by atoms with van der Waals surface area (Å²) in [5.74, 6) is 1.61. The second-order valence-electron chi connectivity index (χ2n) is 5.89. The van der Waals surface area contributed by atoms with Gasteiger partial charge < -0.3 is 11.1 Å². The zero-order valence-electron chi connectivity index (χ0n) is 12.8. The highest BCUT2D eigenvalue weighted by Gasteiger charge is 2.07. The van der Waals surface area contributed by atoms with Crippen LogP contribution < -0.4 is 11.1 Å². The molecule has 0 fully saturated rings. The number of hydrogen-bond acceptors (Lipinski definition) is 2. The van der Waals surface area contributed by atoms with E-state index in [1.54, 1.807) is 0 Å². The normalized spacial score (nSPS) is 14.3. The van der Waals surface area contributed by atoms with E-state index in [1.165, 1.54) is 30.4 Å². The Morgan fingerprint density at radius 1 is 1.05 bits per heavy atom. The molecule has 0 amide bonds. The summed E-state index contributed by atoms with van der Waals surface area (Å²) < 4.78 is 0. The Bertz CT molecular complexity index is 332. The van der Waals surface area contributed by atoms with Gasteiger partial charge in [0.25, 0.3) is 0 Å². The molecule has 0 spiro atoms. The lowest BCUT2D eigenvalue weighted by molar-refractivity contribution is 0.376. The molecule has 1 rings (SSSR count). The smallest absolute Gasteiger partial charge is 0.0205 e. The lowest BCUT2D eigenvalue weighted by atomic mass is 9.94. The van der Waals surface area contributed by atoms with Crippen molar-refractivity contribution in [3.63, 3.8) is 0 Å². The molecular weight excluding hydrogens is 232 g/mol. The molecule has 108 valence electrons. The van der Waals surface area contributed by atoms with Crippen molar-refractivity contribution in [2.75, 3.05) is 6.54 Å². The van der Waals surface area contributed by atoms with Gasteiger partial charge in [-0.15, -0.1) is 0 Å². The highest BCUT2D eigenvalue weighted by Crippen LogP contribution is 2.16. The Balaban J connectivity index is 2.21. The molecule has 0 aliphatic heterocycles. The highest BCUT2D eigenvalue weighted by atomic mass is 14.9. The quantitative estimate of drug-likeness (QED) is 0.712. The molecule has 0 saturated heterocycles. The van der Waals surface area contributed by atoms with Gasteiger partial charge in [-0.25, -0.2) is 0 Å². The molecule has 0 heterocycles. The van der Waals surface area contributed by atoms with Crippen molar-refractivity contribution in [3.05, 3.63) is 35.4 Å². The highest BCUT2D eigenvalue weighted by molar-refractivity contribution is 5.22. The molecule has 2 atom stereocenters. The summed E-state index contributed by atoms with van der Waals surface area (Å²) in [6.07, 6.45) is 3.98. The maximum atomic E-state index is 5.60. The number of rotatable bonds is 9. The maximum absolute atomic E-state index is 5.60. The number of benzene rings is 1. The molecule has 1 aromatic rings. The fourth-order valence-electron chi connectivity index (χ4n) is 2.64. The van der Waals surface area contributed by atoms with Crippen molar-refractivity contribution in [1.82, 2.24) is 5.32 Å². The molecule has 1 aromatic carbocycles. The van der Waals surface area contributed by atoms with E-state index in [9.17, 15) is 0 Å². The van der Waals surface area contributed by atoms with Gasteiger partial charge in [-0.05, 0) is 35.9 Å². The van der Waals surface area contributed by atoms with Crippen LogP contribution in [0.3, 0.4) is 0 Å². The van der Waals surface area contributed by atoms with Crippen molar-refractivity contribution in [3.8, 4) is 0 Å². The zero-order chi connectivity index (χ0) is 14.1. The van der Waals surface area contributed by atoms with Crippen molar-refractivity contribution in [2.24, 2.45) is 17.6 Å². The standard InChI is InChI=1S/C17H30N2/c1-4-5-14(2)10-15(3)12-19-13-17-8-6-16(11-18)7-9-17/h6-9,14-15,19H,4-5,10-13,18H2,1-3H3. The predicted octanol–water partition coefficient (Wildman–Crippen LogP) is 3.70. The third-order valence-corrected chi connectivity index (χ3v) is 3.67. The first-order valence-corrected chi connectivity index (χ1v) is 7.64. The largest absolute Gasteiger partial charge is 0.326 e. The fourth-order valence-corrected chi connectivity index (χ4v) is 2.64. The van der Waals surface area contributed by atoms with Crippen LogP contribution >= 0.6 is 0 Å². The number of hydrogen-bond donors (Lipinski definition) is 2. The Labute approximate surface area is 118 Å². The van der Waals surface area contributed by atoms with Crippen molar-refractivity contribution >= 4 is 0 Å². The molecule has 2 heteroatoms. The molecule has 2 nitrogen and oxygen atoms in total. The summed E-state index contributed by atoms with van der Waals surface area (Å²) in [6.45, 7) is 9.66. The topological polar surface area (TPSA) is 38.0 Å². The number of nitrogens with two attached hydrogens (primary N) is 1. The summed E-state index contributed by atoms with van der Waals surface area (Å²) in [5, 5.41) is 3.56. The second kappa shape index (κ2) is 9.11. The Hall–Kier alpha value is -0.860. The van der Waals surface area contributed by atoms with Crippen LogP contribution in [0.25, 0.3) is 0 Å². The van der Waals surface area contributed by atoms with E-state index in [2.05, 4.69) is 50.4 Å². The van der Waals surface area contributed by atoms with Crippen LogP contribution in [-0.2, 0) is 13.1 Å². The first-order valence-electron chi connectivity index (χ1n) is 7.64. The van der Waals surface area contributed by atoms with Gasteiger partial charge in [-0.2, -0.15) is 0 Å². The second-order valence-corrected chi connectivity index (χ2v) is 5.89. The summed E-state index contributed by atoms with van der Waals surface area (Å²) in [5.41, 5.74) is 8.13. The summed E-state index contributed by atoms with van der Waals surface area (Å²) in [7, 11) is 0. The van der Waals surface area contributed by atoms with Gasteiger partial charge in [0.1, 0.15) is 0 Å². The van der Waals surface area contributed by atoms with E-state index < -0.39 is 0 Å². The van der Waals surface area contributed by atoms with Crippen LogP contribution in [0.4, 0.5) is 0 Å². The Morgan fingerprint density at radius 2 is 1.68 bits per heavy atom. The van der Waals surface area contributed by atoms with E-state index >= 15 is 0 Å². The summed E-state index contributed by atoms with van der Waals surface area (Å²) >= 11 is 0. The molecule has 0 aromatic heterocycles. The van der Waals surface area contributed by atoms with Gasteiger partial charge in [-0.1, -0.05) is 57.9 Å². The minimum Gasteiger partial charge on any atom is -0.326 e. The molecule has 2 unspecified atom stereocenters. The zero-order valence-corrected chi connectivity index (χ0v) is 12.8. The molecule has 0 aliphatic rings. The van der Waals surface area contributed by atoms with Crippen LogP contribution in [0.2, 0.25) is 0 Å². The molecular formula is C17H30N2. The van der Waals surface area contributed by atoms with Crippen LogP contribution in [0.5, 0.6) is 0 Å².